The summed E-state index contributed by atoms with van der Waals surface area (Å²) in [6.45, 7) is 6.29. The molecule has 0 saturated carbocycles. The molecule has 20 heavy (non-hydrogen) atoms. The van der Waals surface area contributed by atoms with Gasteiger partial charge in [0.2, 0.25) is 0 Å². The maximum Gasteiger partial charge on any atom is 0.315 e. The monoisotopic (exact) mass is 284 g/mol. The van der Waals surface area contributed by atoms with E-state index in [1.54, 1.807) is 0 Å². The third-order valence-corrected chi connectivity index (χ3v) is 2.93. The molecule has 0 fully saturated rings. The predicted octanol–water partition coefficient (Wildman–Crippen LogP) is 3.59. The number of carbonyl (C=O) groups is 1. The quantitative estimate of drug-likeness (QED) is 0.823. The standard InChI is InChI=1S/C15H22F2N2O/c1-10(2)4-5-11(3)19-15(20)18-9-12-6-13(16)8-14(17)7-12/h6-8,10-11H,4-5,9H2,1-3H3,(H2,18,19,20). The lowest BCUT2D eigenvalue weighted by Crippen LogP contribution is -2.40. The Kier molecular flexibility index (Phi) is 6.42. The van der Waals surface area contributed by atoms with Gasteiger partial charge in [0.05, 0.1) is 0 Å². The number of benzene rings is 1. The molecule has 0 bridgehead atoms. The summed E-state index contributed by atoms with van der Waals surface area (Å²) in [5.74, 6) is -0.697. The minimum Gasteiger partial charge on any atom is -0.336 e. The van der Waals surface area contributed by atoms with E-state index in [-0.39, 0.29) is 18.6 Å². The zero-order valence-corrected chi connectivity index (χ0v) is 12.2. The van der Waals surface area contributed by atoms with E-state index in [2.05, 4.69) is 24.5 Å². The molecule has 3 nitrogen and oxygen atoms in total. The minimum absolute atomic E-state index is 0.0710. The fourth-order valence-corrected chi connectivity index (χ4v) is 1.83. The molecule has 0 spiro atoms. The van der Waals surface area contributed by atoms with Crippen LogP contribution in [0.1, 0.15) is 39.2 Å². The van der Waals surface area contributed by atoms with Gasteiger partial charge < -0.3 is 10.6 Å². The lowest BCUT2D eigenvalue weighted by molar-refractivity contribution is 0.236. The van der Waals surface area contributed by atoms with Crippen molar-refractivity contribution < 1.29 is 13.6 Å². The molecule has 1 aromatic carbocycles. The number of nitrogens with one attached hydrogen (secondary N) is 2. The Bertz CT molecular complexity index is 429. The fourth-order valence-electron chi connectivity index (χ4n) is 1.83. The molecule has 112 valence electrons. The average Bonchev–Trinajstić information content (AvgIpc) is 2.33. The summed E-state index contributed by atoms with van der Waals surface area (Å²) in [5, 5.41) is 5.39. The second-order valence-electron chi connectivity index (χ2n) is 5.48. The fraction of sp³-hybridized carbons (Fsp3) is 0.533. The molecule has 1 aromatic rings. The number of carbonyl (C=O) groups excluding carboxylic acids is 1. The molecule has 2 N–H and O–H groups in total. The molecule has 1 atom stereocenters. The molecule has 2 amide bonds. The van der Waals surface area contributed by atoms with Gasteiger partial charge in [0.25, 0.3) is 0 Å². The molecule has 0 heterocycles. The molecule has 0 aliphatic heterocycles. The molecule has 5 heteroatoms. The van der Waals surface area contributed by atoms with Gasteiger partial charge >= 0.3 is 6.03 Å². The minimum atomic E-state index is -0.646. The van der Waals surface area contributed by atoms with E-state index in [4.69, 9.17) is 0 Å². The van der Waals surface area contributed by atoms with Gasteiger partial charge in [-0.1, -0.05) is 13.8 Å². The van der Waals surface area contributed by atoms with Crippen LogP contribution < -0.4 is 10.6 Å². The van der Waals surface area contributed by atoms with Crippen molar-refractivity contribution in [3.05, 3.63) is 35.4 Å². The highest BCUT2D eigenvalue weighted by atomic mass is 19.1. The molecule has 1 rings (SSSR count). The Morgan fingerprint density at radius 3 is 2.25 bits per heavy atom. The highest BCUT2D eigenvalue weighted by Gasteiger charge is 2.08. The third-order valence-electron chi connectivity index (χ3n) is 2.93. The van der Waals surface area contributed by atoms with Crippen LogP contribution in [-0.4, -0.2) is 12.1 Å². The molecular formula is C15H22F2N2O. The van der Waals surface area contributed by atoms with E-state index in [1.165, 1.54) is 12.1 Å². The Morgan fingerprint density at radius 1 is 1.10 bits per heavy atom. The van der Waals surface area contributed by atoms with Crippen molar-refractivity contribution in [3.63, 3.8) is 0 Å². The Hall–Kier alpha value is -1.65. The van der Waals surface area contributed by atoms with Crippen LogP contribution in [0.15, 0.2) is 18.2 Å². The third kappa shape index (κ3) is 6.50. The van der Waals surface area contributed by atoms with E-state index < -0.39 is 11.6 Å². The largest absolute Gasteiger partial charge is 0.336 e. The summed E-state index contributed by atoms with van der Waals surface area (Å²) in [5.41, 5.74) is 0.396. The second-order valence-corrected chi connectivity index (χ2v) is 5.48. The number of hydrogen-bond acceptors (Lipinski definition) is 1. The van der Waals surface area contributed by atoms with Crippen molar-refractivity contribution in [2.45, 2.75) is 46.2 Å². The number of halogens is 2. The lowest BCUT2D eigenvalue weighted by Gasteiger charge is -2.15. The maximum absolute atomic E-state index is 13.0. The van der Waals surface area contributed by atoms with E-state index in [9.17, 15) is 13.6 Å². The molecule has 1 unspecified atom stereocenters. The first-order chi connectivity index (χ1) is 9.36. The highest BCUT2D eigenvalue weighted by molar-refractivity contribution is 5.74. The van der Waals surface area contributed by atoms with E-state index in [0.29, 0.717) is 11.5 Å². The summed E-state index contributed by atoms with van der Waals surface area (Å²) in [7, 11) is 0. The van der Waals surface area contributed by atoms with Crippen molar-refractivity contribution in [2.24, 2.45) is 5.92 Å². The van der Waals surface area contributed by atoms with Crippen molar-refractivity contribution >= 4 is 6.03 Å². The summed E-state index contributed by atoms with van der Waals surface area (Å²) in [6, 6.07) is 2.95. The molecule has 0 saturated heterocycles. The van der Waals surface area contributed by atoms with E-state index >= 15 is 0 Å². The zero-order chi connectivity index (χ0) is 15.1. The van der Waals surface area contributed by atoms with Crippen molar-refractivity contribution in [3.8, 4) is 0 Å². The summed E-state index contributed by atoms with van der Waals surface area (Å²) in [4.78, 5) is 11.6. The van der Waals surface area contributed by atoms with Gasteiger partial charge in [0.1, 0.15) is 11.6 Å². The Morgan fingerprint density at radius 2 is 1.70 bits per heavy atom. The van der Waals surface area contributed by atoms with Crippen molar-refractivity contribution in [1.29, 1.82) is 0 Å². The second kappa shape index (κ2) is 7.82. The summed E-state index contributed by atoms with van der Waals surface area (Å²) in [6.07, 6.45) is 1.94. The lowest BCUT2D eigenvalue weighted by atomic mass is 10.0. The molecular weight excluding hydrogens is 262 g/mol. The SMILES string of the molecule is CC(C)CCC(C)NC(=O)NCc1cc(F)cc(F)c1. The van der Waals surface area contributed by atoms with Crippen molar-refractivity contribution in [2.75, 3.05) is 0 Å². The van der Waals surface area contributed by atoms with Crippen molar-refractivity contribution in [1.82, 2.24) is 10.6 Å². The topological polar surface area (TPSA) is 41.1 Å². The number of urea groups is 1. The van der Waals surface area contributed by atoms with Gasteiger partial charge in [-0.25, -0.2) is 13.6 Å². The Labute approximate surface area is 118 Å². The van der Waals surface area contributed by atoms with E-state index in [0.717, 1.165) is 18.9 Å². The highest BCUT2D eigenvalue weighted by Crippen LogP contribution is 2.08. The number of rotatable bonds is 6. The van der Waals surface area contributed by atoms with Crippen LogP contribution >= 0.6 is 0 Å². The summed E-state index contributed by atoms with van der Waals surface area (Å²) < 4.78 is 25.9. The van der Waals surface area contributed by atoms with Gasteiger partial charge in [-0.15, -0.1) is 0 Å². The van der Waals surface area contributed by atoms with Gasteiger partial charge in [0.15, 0.2) is 0 Å². The molecule has 0 aliphatic carbocycles. The predicted molar refractivity (Wildman–Crippen MR) is 75.3 cm³/mol. The normalized spacial score (nSPS) is 12.3. The maximum atomic E-state index is 13.0. The van der Waals surface area contributed by atoms with Crippen LogP contribution in [0.3, 0.4) is 0 Å². The Balaban J connectivity index is 2.35. The molecule has 0 aliphatic rings. The smallest absolute Gasteiger partial charge is 0.315 e. The number of hydrogen-bond donors (Lipinski definition) is 2. The van der Waals surface area contributed by atoms with Gasteiger partial charge in [-0.05, 0) is 43.4 Å². The first kappa shape index (κ1) is 16.4. The van der Waals surface area contributed by atoms with Crippen LogP contribution in [-0.2, 0) is 6.54 Å². The molecule has 0 radical (unpaired) electrons. The van der Waals surface area contributed by atoms with Gasteiger partial charge in [0, 0.05) is 18.7 Å². The number of amides is 2. The average molecular weight is 284 g/mol. The zero-order valence-electron chi connectivity index (χ0n) is 12.2. The van der Waals surface area contributed by atoms with Crippen LogP contribution in [0.2, 0.25) is 0 Å². The van der Waals surface area contributed by atoms with Crippen LogP contribution in [0.4, 0.5) is 13.6 Å². The van der Waals surface area contributed by atoms with Crippen LogP contribution in [0.25, 0.3) is 0 Å². The van der Waals surface area contributed by atoms with Gasteiger partial charge in [-0.3, -0.25) is 0 Å². The first-order valence-electron chi connectivity index (χ1n) is 6.86. The summed E-state index contributed by atoms with van der Waals surface area (Å²) >= 11 is 0. The van der Waals surface area contributed by atoms with Gasteiger partial charge in [-0.2, -0.15) is 0 Å². The first-order valence-corrected chi connectivity index (χ1v) is 6.86. The van der Waals surface area contributed by atoms with Crippen LogP contribution in [0, 0.1) is 17.6 Å². The molecule has 0 aromatic heterocycles. The van der Waals surface area contributed by atoms with E-state index in [1.807, 2.05) is 6.92 Å². The van der Waals surface area contributed by atoms with Crippen LogP contribution in [0.5, 0.6) is 0 Å².